The van der Waals surface area contributed by atoms with E-state index in [0.29, 0.717) is 23.9 Å². The molecule has 2 atom stereocenters. The van der Waals surface area contributed by atoms with Crippen LogP contribution in [0.15, 0.2) is 60.8 Å². The van der Waals surface area contributed by atoms with Crippen molar-refractivity contribution in [3.05, 3.63) is 60.8 Å². The van der Waals surface area contributed by atoms with Gasteiger partial charge in [0.05, 0.1) is 27.7 Å². The molecule has 0 aliphatic heterocycles. The number of nitrogens with zero attached hydrogens (tertiary/aromatic N) is 1. The van der Waals surface area contributed by atoms with Gasteiger partial charge in [0.15, 0.2) is 6.10 Å². The molecule has 10 heteroatoms. The topological polar surface area (TPSA) is 108 Å². The minimum Gasteiger partial charge on any atom is -0.462 e. The van der Waals surface area contributed by atoms with Gasteiger partial charge >= 0.3 is 19.8 Å². The summed E-state index contributed by atoms with van der Waals surface area (Å²) in [5, 5.41) is 0. The van der Waals surface area contributed by atoms with Crippen molar-refractivity contribution in [2.75, 3.05) is 47.5 Å². The van der Waals surface area contributed by atoms with E-state index < -0.39 is 26.5 Å². The number of rotatable bonds is 67. The number of allylic oxidation sites excluding steroid dienone is 10. The summed E-state index contributed by atoms with van der Waals surface area (Å²) in [6, 6.07) is 0. The average molecular weight is 1200 g/mol. The van der Waals surface area contributed by atoms with E-state index in [0.717, 1.165) is 70.6 Å². The van der Waals surface area contributed by atoms with E-state index in [-0.39, 0.29) is 25.6 Å². The molecule has 9 nitrogen and oxygen atoms in total. The third-order valence-corrected chi connectivity index (χ3v) is 17.0. The van der Waals surface area contributed by atoms with Gasteiger partial charge in [0, 0.05) is 12.8 Å². The van der Waals surface area contributed by atoms with Gasteiger partial charge in [-0.05, 0) is 77.0 Å². The maximum atomic E-state index is 12.9. The minimum atomic E-state index is -4.39. The molecule has 0 heterocycles. The Morgan fingerprint density at radius 2 is 0.679 bits per heavy atom. The first-order valence-corrected chi connectivity index (χ1v) is 37.5. The van der Waals surface area contributed by atoms with Crippen molar-refractivity contribution < 1.29 is 42.1 Å². The highest BCUT2D eigenvalue weighted by Gasteiger charge is 2.27. The summed E-state index contributed by atoms with van der Waals surface area (Å²) in [7, 11) is 1.48. The van der Waals surface area contributed by atoms with E-state index in [9.17, 15) is 19.0 Å². The van der Waals surface area contributed by atoms with Crippen LogP contribution >= 0.6 is 7.82 Å². The van der Waals surface area contributed by atoms with Crippen molar-refractivity contribution in [1.29, 1.82) is 0 Å². The molecule has 0 fully saturated rings. The maximum absolute atomic E-state index is 12.9. The van der Waals surface area contributed by atoms with Gasteiger partial charge in [0.2, 0.25) is 0 Å². The van der Waals surface area contributed by atoms with Gasteiger partial charge in [-0.2, -0.15) is 0 Å². The lowest BCUT2D eigenvalue weighted by Crippen LogP contribution is -2.37. The highest BCUT2D eigenvalue weighted by Crippen LogP contribution is 2.43. The second-order valence-electron chi connectivity index (χ2n) is 25.6. The number of hydrogen-bond acceptors (Lipinski definition) is 7. The van der Waals surface area contributed by atoms with E-state index in [2.05, 4.69) is 74.6 Å². The number of phosphoric ester groups is 1. The lowest BCUT2D eigenvalue weighted by Gasteiger charge is -2.24. The number of ether oxygens (including phenoxy) is 2. The Balaban J connectivity index is 3.94. The van der Waals surface area contributed by atoms with Crippen LogP contribution in [-0.2, 0) is 32.7 Å². The number of likely N-dealkylation sites (N-methyl/N-ethyl adjacent to an activating group) is 1. The quantitative estimate of drug-likeness (QED) is 0.0211. The predicted octanol–water partition coefficient (Wildman–Crippen LogP) is 23.4. The molecule has 84 heavy (non-hydrogen) atoms. The molecule has 0 rings (SSSR count). The van der Waals surface area contributed by atoms with E-state index in [1.165, 1.54) is 244 Å². The van der Waals surface area contributed by atoms with Gasteiger partial charge in [-0.3, -0.25) is 18.6 Å². The van der Waals surface area contributed by atoms with Crippen molar-refractivity contribution in [1.82, 2.24) is 0 Å². The number of unbranched alkanes of at least 4 members (excludes halogenated alkanes) is 43. The summed E-state index contributed by atoms with van der Waals surface area (Å²) >= 11 is 0. The molecule has 0 aliphatic rings. The van der Waals surface area contributed by atoms with Crippen LogP contribution in [-0.4, -0.2) is 74.9 Å². The van der Waals surface area contributed by atoms with Crippen molar-refractivity contribution in [2.45, 2.75) is 354 Å². The van der Waals surface area contributed by atoms with Gasteiger partial charge in [0.25, 0.3) is 0 Å². The first kappa shape index (κ1) is 81.7. The molecule has 0 aromatic carbocycles. The molecule has 0 aromatic rings. The fourth-order valence-corrected chi connectivity index (χ4v) is 11.3. The van der Waals surface area contributed by atoms with Crippen LogP contribution in [0.25, 0.3) is 0 Å². The molecule has 0 amide bonds. The third-order valence-electron chi connectivity index (χ3n) is 16.0. The molecule has 0 saturated carbocycles. The number of hydrogen-bond donors (Lipinski definition) is 1. The van der Waals surface area contributed by atoms with Gasteiger partial charge in [-0.25, -0.2) is 4.57 Å². The molecule has 0 spiro atoms. The predicted molar refractivity (Wildman–Crippen MR) is 363 cm³/mol. The van der Waals surface area contributed by atoms with Crippen molar-refractivity contribution in [3.63, 3.8) is 0 Å². The number of quaternary nitrogens is 1. The molecule has 492 valence electrons. The smallest absolute Gasteiger partial charge is 0.462 e. The van der Waals surface area contributed by atoms with E-state index in [4.69, 9.17) is 18.5 Å². The molecule has 1 N–H and O–H groups in total. The standard InChI is InChI=1S/C74H138NO8P/c1-6-8-10-12-14-16-18-20-22-24-26-28-30-31-32-33-34-35-36-37-38-39-40-41-42-43-45-46-48-50-52-54-56-58-60-62-64-66-73(76)80-70-72(71-82-84(78,79)81-69-68-75(3,4)5)83-74(77)67-65-63-61-59-57-55-53-51-49-47-44-29-27-25-23-21-19-17-15-13-11-9-7-2/h9,11,15,17,21,23-24,26-27,29,72H,6-8,10,12-14,16,18-20,22,25,28,30-71H2,1-5H3/p+1/b11-9-,17-15-,23-21-,26-24-,29-27-. The summed E-state index contributed by atoms with van der Waals surface area (Å²) in [5.74, 6) is -0.788. The van der Waals surface area contributed by atoms with Crippen LogP contribution in [0.1, 0.15) is 348 Å². The van der Waals surface area contributed by atoms with Crippen LogP contribution in [0, 0.1) is 0 Å². The number of carbonyl (C=O) groups excluding carboxylic acids is 2. The van der Waals surface area contributed by atoms with E-state index in [1.807, 2.05) is 21.1 Å². The fourth-order valence-electron chi connectivity index (χ4n) is 10.5. The molecular formula is C74H139NO8P+. The first-order chi connectivity index (χ1) is 41.0. The summed E-state index contributed by atoms with van der Waals surface area (Å²) in [6.07, 6.45) is 86.3. The van der Waals surface area contributed by atoms with Gasteiger partial charge in [-0.1, -0.05) is 319 Å². The molecule has 0 saturated heterocycles. The Morgan fingerprint density at radius 1 is 0.381 bits per heavy atom. The Kier molecular flexibility index (Phi) is 63.4. The Labute approximate surface area is 521 Å². The van der Waals surface area contributed by atoms with Gasteiger partial charge < -0.3 is 18.9 Å². The van der Waals surface area contributed by atoms with Crippen molar-refractivity contribution in [2.24, 2.45) is 0 Å². The number of esters is 2. The van der Waals surface area contributed by atoms with Crippen molar-refractivity contribution in [3.8, 4) is 0 Å². The third kappa shape index (κ3) is 68.8. The molecular weight excluding hydrogens is 1060 g/mol. The second-order valence-corrected chi connectivity index (χ2v) is 27.0. The van der Waals surface area contributed by atoms with Crippen LogP contribution < -0.4 is 0 Å². The zero-order valence-electron chi connectivity index (χ0n) is 56.1. The van der Waals surface area contributed by atoms with Crippen LogP contribution in [0.5, 0.6) is 0 Å². The zero-order valence-corrected chi connectivity index (χ0v) is 57.0. The second kappa shape index (κ2) is 65.2. The van der Waals surface area contributed by atoms with Gasteiger partial charge in [0.1, 0.15) is 19.8 Å². The molecule has 2 unspecified atom stereocenters. The van der Waals surface area contributed by atoms with Crippen LogP contribution in [0.2, 0.25) is 0 Å². The summed E-state index contributed by atoms with van der Waals surface area (Å²) in [5.41, 5.74) is 0. The largest absolute Gasteiger partial charge is 0.472 e. The Hall–Kier alpha value is -2.29. The maximum Gasteiger partial charge on any atom is 0.472 e. The zero-order chi connectivity index (χ0) is 61.2. The molecule has 0 radical (unpaired) electrons. The van der Waals surface area contributed by atoms with Crippen LogP contribution in [0.4, 0.5) is 0 Å². The highest BCUT2D eigenvalue weighted by atomic mass is 31.2. The lowest BCUT2D eigenvalue weighted by molar-refractivity contribution is -0.870. The SMILES string of the molecule is CC/C=C\C/C=C\C/C=C\C/C=C\CCCCCCCCCCCCC(=O)OC(COC(=O)CCCCCCCCCCCCCCCCCCCCCCCCCCC/C=C\CCCCCCCCCC)COP(=O)(O)OCC[N+](C)(C)C. The number of phosphoric acid groups is 1. The Morgan fingerprint density at radius 3 is 1.02 bits per heavy atom. The highest BCUT2D eigenvalue weighted by molar-refractivity contribution is 7.47. The van der Waals surface area contributed by atoms with Crippen molar-refractivity contribution >= 4 is 19.8 Å². The first-order valence-electron chi connectivity index (χ1n) is 36.0. The minimum absolute atomic E-state index is 0.0308. The van der Waals surface area contributed by atoms with E-state index >= 15 is 0 Å². The molecule has 0 aromatic heterocycles. The van der Waals surface area contributed by atoms with Crippen LogP contribution in [0.3, 0.4) is 0 Å². The summed E-state index contributed by atoms with van der Waals surface area (Å²) < 4.78 is 34.7. The average Bonchev–Trinajstić information content (AvgIpc) is 3.61. The summed E-state index contributed by atoms with van der Waals surface area (Å²) in [4.78, 5) is 35.9. The number of carbonyl (C=O) groups is 2. The normalized spacial score (nSPS) is 13.5. The fraction of sp³-hybridized carbons (Fsp3) is 0.838. The molecule has 0 bridgehead atoms. The Bertz CT molecular complexity index is 1600. The van der Waals surface area contributed by atoms with E-state index in [1.54, 1.807) is 0 Å². The monoisotopic (exact) mass is 1200 g/mol. The van der Waals surface area contributed by atoms with Gasteiger partial charge in [-0.15, -0.1) is 0 Å². The summed E-state index contributed by atoms with van der Waals surface area (Å²) in [6.45, 7) is 4.37. The lowest BCUT2D eigenvalue weighted by atomic mass is 10.0. The molecule has 0 aliphatic carbocycles.